The van der Waals surface area contributed by atoms with Gasteiger partial charge in [-0.1, -0.05) is 32.0 Å². The number of nitrogens with two attached hydrogens (primary N) is 1. The average molecular weight is 264 g/mol. The molecule has 0 radical (unpaired) electrons. The fourth-order valence-corrected chi connectivity index (χ4v) is 2.27. The van der Waals surface area contributed by atoms with E-state index in [2.05, 4.69) is 43.9 Å². The minimum atomic E-state index is 0.612. The number of hydrogen-bond donors (Lipinski definition) is 1. The van der Waals surface area contributed by atoms with Gasteiger partial charge in [0.1, 0.15) is 0 Å². The molecule has 0 atom stereocenters. The molecule has 0 spiro atoms. The minimum absolute atomic E-state index is 0.612. The van der Waals surface area contributed by atoms with Crippen molar-refractivity contribution in [2.24, 2.45) is 11.7 Å². The van der Waals surface area contributed by atoms with Crippen molar-refractivity contribution < 1.29 is 4.74 Å². The van der Waals surface area contributed by atoms with Crippen molar-refractivity contribution in [3.05, 3.63) is 34.9 Å². The van der Waals surface area contributed by atoms with Crippen molar-refractivity contribution >= 4 is 0 Å². The molecule has 1 aromatic carbocycles. The van der Waals surface area contributed by atoms with Crippen LogP contribution in [0.25, 0.3) is 0 Å². The molecule has 3 nitrogen and oxygen atoms in total. The van der Waals surface area contributed by atoms with Gasteiger partial charge in [0.25, 0.3) is 0 Å². The third-order valence-corrected chi connectivity index (χ3v) is 3.27. The van der Waals surface area contributed by atoms with Crippen molar-refractivity contribution in [1.82, 2.24) is 4.90 Å². The first-order valence-electron chi connectivity index (χ1n) is 7.06. The lowest BCUT2D eigenvalue weighted by molar-refractivity contribution is 0.136. The zero-order chi connectivity index (χ0) is 14.3. The van der Waals surface area contributed by atoms with Crippen molar-refractivity contribution in [2.75, 3.05) is 26.8 Å². The van der Waals surface area contributed by atoms with Gasteiger partial charge in [-0.3, -0.25) is 4.90 Å². The SMILES string of the molecule is COCCN(Cc1ccc(CN)cc1C)CC(C)C. The Morgan fingerprint density at radius 3 is 2.58 bits per heavy atom. The molecule has 19 heavy (non-hydrogen) atoms. The van der Waals surface area contributed by atoms with E-state index >= 15 is 0 Å². The molecule has 0 fully saturated rings. The summed E-state index contributed by atoms with van der Waals surface area (Å²) < 4.78 is 5.20. The highest BCUT2D eigenvalue weighted by atomic mass is 16.5. The summed E-state index contributed by atoms with van der Waals surface area (Å²) in [6.07, 6.45) is 0. The topological polar surface area (TPSA) is 38.5 Å². The smallest absolute Gasteiger partial charge is 0.0589 e. The molecule has 0 aliphatic carbocycles. The maximum atomic E-state index is 5.67. The molecule has 1 rings (SSSR count). The Morgan fingerprint density at radius 2 is 2.05 bits per heavy atom. The summed E-state index contributed by atoms with van der Waals surface area (Å²) in [6.45, 7) is 11.1. The molecule has 0 aliphatic heterocycles. The number of rotatable bonds is 8. The van der Waals surface area contributed by atoms with Crippen molar-refractivity contribution in [1.29, 1.82) is 0 Å². The van der Waals surface area contributed by atoms with Crippen LogP contribution in [-0.2, 0) is 17.8 Å². The first-order valence-corrected chi connectivity index (χ1v) is 7.06. The molecule has 1 aromatic rings. The third kappa shape index (κ3) is 5.72. The predicted octanol–water partition coefficient (Wildman–Crippen LogP) is 2.56. The fraction of sp³-hybridized carbons (Fsp3) is 0.625. The van der Waals surface area contributed by atoms with E-state index in [1.807, 2.05) is 0 Å². The number of ether oxygens (including phenoxy) is 1. The van der Waals surface area contributed by atoms with Gasteiger partial charge in [0.2, 0.25) is 0 Å². The lowest BCUT2D eigenvalue weighted by Gasteiger charge is -2.25. The van der Waals surface area contributed by atoms with Gasteiger partial charge in [0.15, 0.2) is 0 Å². The first-order chi connectivity index (χ1) is 9.06. The molecular formula is C16H28N2O. The van der Waals surface area contributed by atoms with Crippen LogP contribution in [0.5, 0.6) is 0 Å². The maximum absolute atomic E-state index is 5.67. The van der Waals surface area contributed by atoms with E-state index in [9.17, 15) is 0 Å². The summed E-state index contributed by atoms with van der Waals surface area (Å²) in [5.74, 6) is 0.667. The Kier molecular flexibility index (Phi) is 7.06. The van der Waals surface area contributed by atoms with E-state index in [0.29, 0.717) is 12.5 Å². The van der Waals surface area contributed by atoms with E-state index in [0.717, 1.165) is 26.2 Å². The second-order valence-corrected chi connectivity index (χ2v) is 5.59. The van der Waals surface area contributed by atoms with Gasteiger partial charge in [-0.2, -0.15) is 0 Å². The van der Waals surface area contributed by atoms with Crippen LogP contribution in [-0.4, -0.2) is 31.7 Å². The van der Waals surface area contributed by atoms with Gasteiger partial charge < -0.3 is 10.5 Å². The van der Waals surface area contributed by atoms with Gasteiger partial charge >= 0.3 is 0 Å². The van der Waals surface area contributed by atoms with Crippen LogP contribution in [0.1, 0.15) is 30.5 Å². The first kappa shape index (κ1) is 16.2. The van der Waals surface area contributed by atoms with Crippen LogP contribution in [0.3, 0.4) is 0 Å². The largest absolute Gasteiger partial charge is 0.383 e. The number of aryl methyl sites for hydroxylation is 1. The number of hydrogen-bond acceptors (Lipinski definition) is 3. The molecule has 3 heteroatoms. The van der Waals surface area contributed by atoms with Gasteiger partial charge in [-0.05, 0) is 29.5 Å². The summed E-state index contributed by atoms with van der Waals surface area (Å²) >= 11 is 0. The van der Waals surface area contributed by atoms with Gasteiger partial charge in [0.05, 0.1) is 6.61 Å². The lowest BCUT2D eigenvalue weighted by Crippen LogP contribution is -2.30. The molecular weight excluding hydrogens is 236 g/mol. The molecule has 0 saturated carbocycles. The highest BCUT2D eigenvalue weighted by Gasteiger charge is 2.09. The standard InChI is InChI=1S/C16H28N2O/c1-13(2)11-18(7-8-19-4)12-16-6-5-15(10-17)9-14(16)3/h5-6,9,13H,7-8,10-12,17H2,1-4H3. The summed E-state index contributed by atoms with van der Waals surface area (Å²) in [6, 6.07) is 6.53. The Labute approximate surface area is 117 Å². The Bertz CT molecular complexity index is 377. The monoisotopic (exact) mass is 264 g/mol. The van der Waals surface area contributed by atoms with E-state index in [4.69, 9.17) is 10.5 Å². The molecule has 0 unspecified atom stereocenters. The van der Waals surface area contributed by atoms with Crippen LogP contribution >= 0.6 is 0 Å². The van der Waals surface area contributed by atoms with Crippen LogP contribution in [0.15, 0.2) is 18.2 Å². The molecule has 0 aromatic heterocycles. The Balaban J connectivity index is 2.71. The van der Waals surface area contributed by atoms with E-state index in [1.165, 1.54) is 16.7 Å². The quantitative estimate of drug-likeness (QED) is 0.784. The fourth-order valence-electron chi connectivity index (χ4n) is 2.27. The van der Waals surface area contributed by atoms with Gasteiger partial charge in [-0.15, -0.1) is 0 Å². The van der Waals surface area contributed by atoms with Crippen LogP contribution in [0.2, 0.25) is 0 Å². The second kappa shape index (κ2) is 8.31. The molecule has 0 bridgehead atoms. The molecule has 0 heterocycles. The second-order valence-electron chi connectivity index (χ2n) is 5.59. The zero-order valence-corrected chi connectivity index (χ0v) is 12.8. The highest BCUT2D eigenvalue weighted by molar-refractivity contribution is 5.31. The van der Waals surface area contributed by atoms with E-state index in [1.54, 1.807) is 7.11 Å². The van der Waals surface area contributed by atoms with Gasteiger partial charge in [-0.25, -0.2) is 0 Å². The summed E-state index contributed by atoms with van der Waals surface area (Å²) in [7, 11) is 1.76. The van der Waals surface area contributed by atoms with Crippen LogP contribution in [0.4, 0.5) is 0 Å². The maximum Gasteiger partial charge on any atom is 0.0589 e. The zero-order valence-electron chi connectivity index (χ0n) is 12.8. The minimum Gasteiger partial charge on any atom is -0.383 e. The van der Waals surface area contributed by atoms with Crippen molar-refractivity contribution in [3.8, 4) is 0 Å². The molecule has 0 saturated heterocycles. The predicted molar refractivity (Wildman–Crippen MR) is 81.1 cm³/mol. The normalized spacial score (nSPS) is 11.5. The summed E-state index contributed by atoms with van der Waals surface area (Å²) in [4.78, 5) is 2.46. The number of benzene rings is 1. The van der Waals surface area contributed by atoms with Gasteiger partial charge in [0, 0.05) is 33.3 Å². The number of nitrogens with zero attached hydrogens (tertiary/aromatic N) is 1. The average Bonchev–Trinajstić information content (AvgIpc) is 2.37. The lowest BCUT2D eigenvalue weighted by atomic mass is 10.0. The van der Waals surface area contributed by atoms with Crippen LogP contribution in [0, 0.1) is 12.8 Å². The van der Waals surface area contributed by atoms with Crippen molar-refractivity contribution in [3.63, 3.8) is 0 Å². The Hall–Kier alpha value is -0.900. The Morgan fingerprint density at radius 1 is 1.32 bits per heavy atom. The molecule has 0 aliphatic rings. The highest BCUT2D eigenvalue weighted by Crippen LogP contribution is 2.14. The van der Waals surface area contributed by atoms with E-state index in [-0.39, 0.29) is 0 Å². The van der Waals surface area contributed by atoms with Crippen molar-refractivity contribution in [2.45, 2.75) is 33.9 Å². The van der Waals surface area contributed by atoms with E-state index < -0.39 is 0 Å². The summed E-state index contributed by atoms with van der Waals surface area (Å²) in [5, 5.41) is 0. The molecule has 0 amide bonds. The number of methoxy groups -OCH3 is 1. The van der Waals surface area contributed by atoms with Crippen LogP contribution < -0.4 is 5.73 Å². The molecule has 108 valence electrons. The third-order valence-electron chi connectivity index (χ3n) is 3.27. The molecule has 2 N–H and O–H groups in total. The summed E-state index contributed by atoms with van der Waals surface area (Å²) in [5.41, 5.74) is 9.59.